The molecule has 0 amide bonds. The molecule has 0 aromatic heterocycles. The molecule has 0 aliphatic rings. The molecule has 69 valence electrons. The molecule has 0 spiro atoms. The van der Waals surface area contributed by atoms with Crippen LogP contribution in [-0.4, -0.2) is 18.0 Å². The maximum Gasteiger partial charge on any atom is 0.0311 e. The van der Waals surface area contributed by atoms with Crippen molar-refractivity contribution in [2.24, 2.45) is 5.41 Å². The molecule has 1 heteroatoms. The Bertz CT molecular complexity index is 132. The minimum Gasteiger partial charge on any atom is -0.291 e. The zero-order valence-corrected chi connectivity index (χ0v) is 8.51. The molecule has 1 nitrogen and oxygen atoms in total. The van der Waals surface area contributed by atoms with E-state index in [1.54, 1.807) is 0 Å². The van der Waals surface area contributed by atoms with Gasteiger partial charge in [0.05, 0.1) is 0 Å². The van der Waals surface area contributed by atoms with Crippen molar-refractivity contribution in [1.29, 1.82) is 0 Å². The molecule has 0 fully saturated rings. The Hall–Kier alpha value is -0.560. The topological polar surface area (TPSA) is 3.24 Å². The maximum absolute atomic E-state index is 3.72. The van der Waals surface area contributed by atoms with E-state index < -0.39 is 0 Å². The Labute approximate surface area is 76.8 Å². The van der Waals surface area contributed by atoms with Gasteiger partial charge in [0, 0.05) is 19.6 Å². The van der Waals surface area contributed by atoms with Crippen molar-refractivity contribution >= 4 is 0 Å². The lowest BCUT2D eigenvalue weighted by Crippen LogP contribution is -2.27. The molecule has 0 aliphatic carbocycles. The molecular formula is C11H20N. The molecule has 0 aliphatic heterocycles. The molecule has 0 unspecified atom stereocenters. The van der Waals surface area contributed by atoms with Crippen LogP contribution in [0.15, 0.2) is 25.3 Å². The highest BCUT2D eigenvalue weighted by Crippen LogP contribution is 2.19. The third-order valence-electron chi connectivity index (χ3n) is 1.30. The Morgan fingerprint density at radius 1 is 1.08 bits per heavy atom. The second kappa shape index (κ2) is 5.15. The van der Waals surface area contributed by atoms with E-state index in [0.717, 1.165) is 13.1 Å². The van der Waals surface area contributed by atoms with Gasteiger partial charge in [-0.25, -0.2) is 0 Å². The fourth-order valence-corrected chi connectivity index (χ4v) is 1.06. The van der Waals surface area contributed by atoms with Gasteiger partial charge in [-0.2, -0.15) is 0 Å². The van der Waals surface area contributed by atoms with Crippen molar-refractivity contribution in [1.82, 2.24) is 4.90 Å². The predicted molar refractivity (Wildman–Crippen MR) is 55.7 cm³/mol. The van der Waals surface area contributed by atoms with Gasteiger partial charge in [-0.1, -0.05) is 32.9 Å². The molecule has 0 aromatic carbocycles. The standard InChI is InChI=1S/C11H20N/c1-6-8-12(9-7-2)10-11(3,4)5/h6-7,10H,1-2,8-9H2,3-5H3. The Morgan fingerprint density at radius 2 is 1.50 bits per heavy atom. The highest BCUT2D eigenvalue weighted by atomic mass is 15.1. The van der Waals surface area contributed by atoms with Gasteiger partial charge in [0.1, 0.15) is 0 Å². The van der Waals surface area contributed by atoms with Crippen LogP contribution in [0.3, 0.4) is 0 Å². The molecule has 12 heavy (non-hydrogen) atoms. The lowest BCUT2D eigenvalue weighted by atomic mass is 9.96. The summed E-state index contributed by atoms with van der Waals surface area (Å²) in [4.78, 5) is 2.21. The first-order valence-electron chi connectivity index (χ1n) is 4.31. The van der Waals surface area contributed by atoms with E-state index in [2.05, 4.69) is 45.4 Å². The summed E-state index contributed by atoms with van der Waals surface area (Å²) < 4.78 is 0. The largest absolute Gasteiger partial charge is 0.291 e. The van der Waals surface area contributed by atoms with Crippen LogP contribution < -0.4 is 0 Å². The number of hydrogen-bond acceptors (Lipinski definition) is 1. The van der Waals surface area contributed by atoms with Gasteiger partial charge in [0.15, 0.2) is 0 Å². The van der Waals surface area contributed by atoms with Gasteiger partial charge in [0.25, 0.3) is 0 Å². The summed E-state index contributed by atoms with van der Waals surface area (Å²) in [6.07, 6.45) is 3.82. The number of nitrogens with zero attached hydrogens (tertiary/aromatic N) is 1. The molecule has 0 saturated carbocycles. The second-order valence-electron chi connectivity index (χ2n) is 4.03. The van der Waals surface area contributed by atoms with Crippen molar-refractivity contribution in [2.45, 2.75) is 20.8 Å². The normalized spacial score (nSPS) is 11.7. The smallest absolute Gasteiger partial charge is 0.0311 e. The van der Waals surface area contributed by atoms with E-state index in [-0.39, 0.29) is 5.41 Å². The highest BCUT2D eigenvalue weighted by molar-refractivity contribution is 4.89. The van der Waals surface area contributed by atoms with Crippen LogP contribution in [0, 0.1) is 12.0 Å². The maximum atomic E-state index is 3.72. The van der Waals surface area contributed by atoms with Crippen LogP contribution in [0.2, 0.25) is 0 Å². The van der Waals surface area contributed by atoms with Gasteiger partial charge < -0.3 is 0 Å². The Balaban J connectivity index is 3.93. The zero-order valence-electron chi connectivity index (χ0n) is 8.51. The zero-order chi connectivity index (χ0) is 9.61. The van der Waals surface area contributed by atoms with Gasteiger partial charge >= 0.3 is 0 Å². The van der Waals surface area contributed by atoms with Crippen molar-refractivity contribution in [3.8, 4) is 0 Å². The van der Waals surface area contributed by atoms with Crippen molar-refractivity contribution in [3.05, 3.63) is 31.9 Å². The number of rotatable bonds is 5. The van der Waals surface area contributed by atoms with Crippen molar-refractivity contribution < 1.29 is 0 Å². The third-order valence-corrected chi connectivity index (χ3v) is 1.30. The van der Waals surface area contributed by atoms with Gasteiger partial charge in [-0.05, 0) is 5.41 Å². The fraction of sp³-hybridized carbons (Fsp3) is 0.545. The molecule has 0 aromatic rings. The van der Waals surface area contributed by atoms with Crippen molar-refractivity contribution in [3.63, 3.8) is 0 Å². The molecule has 0 N–H and O–H groups in total. The minimum absolute atomic E-state index is 0.228. The van der Waals surface area contributed by atoms with Crippen LogP contribution in [0.4, 0.5) is 0 Å². The summed E-state index contributed by atoms with van der Waals surface area (Å²) in [6, 6.07) is 0. The molecular weight excluding hydrogens is 146 g/mol. The number of hydrogen-bond donors (Lipinski definition) is 0. The second-order valence-corrected chi connectivity index (χ2v) is 4.03. The first-order valence-corrected chi connectivity index (χ1v) is 4.31. The average molecular weight is 166 g/mol. The lowest BCUT2D eigenvalue weighted by molar-refractivity contribution is 0.298. The predicted octanol–water partition coefficient (Wildman–Crippen LogP) is 2.87. The third kappa shape index (κ3) is 6.17. The van der Waals surface area contributed by atoms with Crippen LogP contribution >= 0.6 is 0 Å². The first-order chi connectivity index (χ1) is 5.49. The van der Waals surface area contributed by atoms with E-state index in [1.165, 1.54) is 0 Å². The monoisotopic (exact) mass is 166 g/mol. The van der Waals surface area contributed by atoms with Gasteiger partial charge in [-0.3, -0.25) is 4.90 Å². The van der Waals surface area contributed by atoms with E-state index in [1.807, 2.05) is 12.2 Å². The molecule has 0 bridgehead atoms. The molecule has 0 atom stereocenters. The Kier molecular flexibility index (Phi) is 4.91. The SMILES string of the molecule is C=CCN([CH]C(C)(C)C)CC=C. The van der Waals surface area contributed by atoms with E-state index in [4.69, 9.17) is 0 Å². The summed E-state index contributed by atoms with van der Waals surface area (Å²) in [5.74, 6) is 0. The van der Waals surface area contributed by atoms with Crippen LogP contribution in [0.1, 0.15) is 20.8 Å². The minimum atomic E-state index is 0.228. The summed E-state index contributed by atoms with van der Waals surface area (Å²) in [5, 5.41) is 0. The molecule has 0 saturated heterocycles. The summed E-state index contributed by atoms with van der Waals surface area (Å²) >= 11 is 0. The summed E-state index contributed by atoms with van der Waals surface area (Å²) in [5.41, 5.74) is 0.228. The first kappa shape index (κ1) is 11.4. The lowest BCUT2D eigenvalue weighted by Gasteiger charge is -2.27. The van der Waals surface area contributed by atoms with Gasteiger partial charge in [-0.15, -0.1) is 13.2 Å². The molecule has 0 heterocycles. The average Bonchev–Trinajstić information content (AvgIpc) is 1.84. The highest BCUT2D eigenvalue weighted by Gasteiger charge is 2.14. The molecule has 1 radical (unpaired) electrons. The molecule has 0 rings (SSSR count). The van der Waals surface area contributed by atoms with Crippen molar-refractivity contribution in [2.75, 3.05) is 13.1 Å². The fourth-order valence-electron chi connectivity index (χ4n) is 1.06. The van der Waals surface area contributed by atoms with E-state index in [9.17, 15) is 0 Å². The van der Waals surface area contributed by atoms with Crippen LogP contribution in [0.5, 0.6) is 0 Å². The quantitative estimate of drug-likeness (QED) is 0.568. The summed E-state index contributed by atoms with van der Waals surface area (Å²) in [6.45, 7) is 18.0. The van der Waals surface area contributed by atoms with Crippen LogP contribution in [-0.2, 0) is 0 Å². The Morgan fingerprint density at radius 3 is 1.75 bits per heavy atom. The van der Waals surface area contributed by atoms with Gasteiger partial charge in [0.2, 0.25) is 0 Å². The van der Waals surface area contributed by atoms with E-state index >= 15 is 0 Å². The van der Waals surface area contributed by atoms with Crippen LogP contribution in [0.25, 0.3) is 0 Å². The van der Waals surface area contributed by atoms with E-state index in [0.29, 0.717) is 0 Å². The summed E-state index contributed by atoms with van der Waals surface area (Å²) in [7, 11) is 0.